The second-order valence-corrected chi connectivity index (χ2v) is 9.39. The van der Waals surface area contributed by atoms with E-state index in [0.29, 0.717) is 0 Å². The fraction of sp³-hybridized carbons (Fsp3) is 0.250. The average Bonchev–Trinajstić information content (AvgIpc) is 2.90. The molecule has 2 heteroatoms. The molecule has 0 heterocycles. The molecule has 0 unspecified atom stereocenters. The molecule has 34 heavy (non-hydrogen) atoms. The van der Waals surface area contributed by atoms with Crippen LogP contribution < -0.4 is 9.47 Å². The van der Waals surface area contributed by atoms with E-state index in [4.69, 9.17) is 9.47 Å². The molecule has 0 N–H and O–H groups in total. The van der Waals surface area contributed by atoms with Gasteiger partial charge in [0.15, 0.2) is 0 Å². The van der Waals surface area contributed by atoms with Crippen LogP contribution in [0.15, 0.2) is 97.1 Å². The molecule has 0 aliphatic heterocycles. The minimum atomic E-state index is 0.116. The zero-order valence-corrected chi connectivity index (χ0v) is 20.1. The van der Waals surface area contributed by atoms with E-state index in [1.54, 1.807) is 7.11 Å². The fourth-order valence-electron chi connectivity index (χ4n) is 5.25. The highest BCUT2D eigenvalue weighted by Gasteiger charge is 2.35. The summed E-state index contributed by atoms with van der Waals surface area (Å²) in [5.41, 5.74) is 6.59. The third-order valence-electron chi connectivity index (χ3n) is 7.23. The van der Waals surface area contributed by atoms with Crippen molar-refractivity contribution in [3.8, 4) is 28.4 Å². The monoisotopic (exact) mass is 448 g/mol. The Labute approximate surface area is 203 Å². The topological polar surface area (TPSA) is 18.5 Å². The van der Waals surface area contributed by atoms with Gasteiger partial charge in [-0.05, 0) is 78.4 Å². The molecule has 1 aliphatic carbocycles. The molecule has 0 aromatic heterocycles. The van der Waals surface area contributed by atoms with Crippen LogP contribution in [0.4, 0.5) is 0 Å². The molecule has 4 aromatic carbocycles. The Morgan fingerprint density at radius 1 is 0.529 bits per heavy atom. The van der Waals surface area contributed by atoms with Gasteiger partial charge >= 0.3 is 0 Å². The van der Waals surface area contributed by atoms with Crippen LogP contribution in [0.1, 0.15) is 48.8 Å². The molecule has 5 rings (SSSR count). The predicted octanol–water partition coefficient (Wildman–Crippen LogP) is 8.71. The first-order valence-corrected chi connectivity index (χ1v) is 12.3. The standard InChI is InChI=1S/C32H32O2/c1-24-6-12-27(13-7-24)32(22-4-3-5-23-32)28-14-20-31(21-15-28)34-30-18-10-26(11-19-30)25-8-16-29(33-2)17-9-25/h6-21H,3-5,22-23H2,1-2H3. The fourth-order valence-corrected chi connectivity index (χ4v) is 5.25. The van der Waals surface area contributed by atoms with Gasteiger partial charge in [0.1, 0.15) is 17.2 Å². The van der Waals surface area contributed by atoms with E-state index in [1.807, 2.05) is 24.3 Å². The maximum Gasteiger partial charge on any atom is 0.127 e. The minimum absolute atomic E-state index is 0.116. The van der Waals surface area contributed by atoms with Gasteiger partial charge in [-0.25, -0.2) is 0 Å². The summed E-state index contributed by atoms with van der Waals surface area (Å²) in [5.74, 6) is 2.58. The summed E-state index contributed by atoms with van der Waals surface area (Å²) in [6.45, 7) is 2.16. The molecule has 0 spiro atoms. The highest BCUT2D eigenvalue weighted by molar-refractivity contribution is 5.65. The molecular weight excluding hydrogens is 416 g/mol. The van der Waals surface area contributed by atoms with E-state index in [1.165, 1.54) is 48.8 Å². The van der Waals surface area contributed by atoms with Crippen LogP contribution in [0.2, 0.25) is 0 Å². The third kappa shape index (κ3) is 4.59. The van der Waals surface area contributed by atoms with Gasteiger partial charge in [0.2, 0.25) is 0 Å². The summed E-state index contributed by atoms with van der Waals surface area (Å²) >= 11 is 0. The van der Waals surface area contributed by atoms with Gasteiger partial charge in [0.25, 0.3) is 0 Å². The molecule has 0 radical (unpaired) electrons. The molecule has 0 bridgehead atoms. The zero-order chi connectivity index (χ0) is 23.4. The molecule has 1 saturated carbocycles. The number of hydrogen-bond donors (Lipinski definition) is 0. The molecule has 0 amide bonds. The van der Waals surface area contributed by atoms with Crippen LogP contribution in [0.3, 0.4) is 0 Å². The van der Waals surface area contributed by atoms with E-state index in [2.05, 4.69) is 79.7 Å². The molecule has 1 aliphatic rings. The molecular formula is C32H32O2. The van der Waals surface area contributed by atoms with E-state index >= 15 is 0 Å². The number of ether oxygens (including phenoxy) is 2. The largest absolute Gasteiger partial charge is 0.497 e. The van der Waals surface area contributed by atoms with Gasteiger partial charge in [-0.3, -0.25) is 0 Å². The van der Waals surface area contributed by atoms with Crippen molar-refractivity contribution in [3.05, 3.63) is 114 Å². The van der Waals surface area contributed by atoms with Crippen LogP contribution >= 0.6 is 0 Å². The van der Waals surface area contributed by atoms with E-state index in [0.717, 1.165) is 28.4 Å². The first-order valence-electron chi connectivity index (χ1n) is 12.3. The molecule has 1 fully saturated rings. The van der Waals surface area contributed by atoms with Crippen molar-refractivity contribution in [2.45, 2.75) is 44.4 Å². The third-order valence-corrected chi connectivity index (χ3v) is 7.23. The van der Waals surface area contributed by atoms with Crippen molar-refractivity contribution in [1.82, 2.24) is 0 Å². The van der Waals surface area contributed by atoms with Crippen LogP contribution in [0, 0.1) is 6.92 Å². The van der Waals surface area contributed by atoms with Gasteiger partial charge in [-0.2, -0.15) is 0 Å². The Balaban J connectivity index is 1.33. The van der Waals surface area contributed by atoms with Crippen molar-refractivity contribution < 1.29 is 9.47 Å². The second-order valence-electron chi connectivity index (χ2n) is 9.39. The number of benzene rings is 4. The van der Waals surface area contributed by atoms with Crippen molar-refractivity contribution in [2.24, 2.45) is 0 Å². The lowest BCUT2D eigenvalue weighted by molar-refractivity contribution is 0.345. The van der Waals surface area contributed by atoms with Gasteiger partial charge in [-0.1, -0.05) is 85.5 Å². The average molecular weight is 449 g/mol. The van der Waals surface area contributed by atoms with Crippen LogP contribution in [-0.4, -0.2) is 7.11 Å². The lowest BCUT2D eigenvalue weighted by Crippen LogP contribution is -2.30. The van der Waals surface area contributed by atoms with Gasteiger partial charge < -0.3 is 9.47 Å². The molecule has 172 valence electrons. The summed E-state index contributed by atoms with van der Waals surface area (Å²) in [5, 5.41) is 0. The van der Waals surface area contributed by atoms with Crippen LogP contribution in [0.5, 0.6) is 17.2 Å². The lowest BCUT2D eigenvalue weighted by atomic mass is 9.65. The molecule has 4 aromatic rings. The van der Waals surface area contributed by atoms with Crippen molar-refractivity contribution >= 4 is 0 Å². The van der Waals surface area contributed by atoms with E-state index in [-0.39, 0.29) is 5.41 Å². The molecule has 0 atom stereocenters. The highest BCUT2D eigenvalue weighted by atomic mass is 16.5. The summed E-state index contributed by atoms with van der Waals surface area (Å²) in [4.78, 5) is 0. The number of methoxy groups -OCH3 is 1. The smallest absolute Gasteiger partial charge is 0.127 e. The van der Waals surface area contributed by atoms with E-state index < -0.39 is 0 Å². The highest BCUT2D eigenvalue weighted by Crippen LogP contribution is 2.45. The SMILES string of the molecule is COc1ccc(-c2ccc(Oc3ccc(C4(c5ccc(C)cc5)CCCCC4)cc3)cc2)cc1. The molecule has 2 nitrogen and oxygen atoms in total. The number of hydrogen-bond acceptors (Lipinski definition) is 2. The maximum absolute atomic E-state index is 6.18. The Bertz CT molecular complexity index is 1200. The number of aryl methyl sites for hydroxylation is 1. The normalized spacial score (nSPS) is 15.0. The summed E-state index contributed by atoms with van der Waals surface area (Å²) in [6.07, 6.45) is 6.33. The summed E-state index contributed by atoms with van der Waals surface area (Å²) < 4.78 is 11.4. The first-order chi connectivity index (χ1) is 16.7. The van der Waals surface area contributed by atoms with Crippen molar-refractivity contribution in [1.29, 1.82) is 0 Å². The zero-order valence-electron chi connectivity index (χ0n) is 20.1. The second kappa shape index (κ2) is 9.77. The Hall–Kier alpha value is -3.52. The lowest BCUT2D eigenvalue weighted by Gasteiger charge is -2.38. The summed E-state index contributed by atoms with van der Waals surface area (Å²) in [7, 11) is 1.69. The van der Waals surface area contributed by atoms with E-state index in [9.17, 15) is 0 Å². The number of rotatable bonds is 6. The van der Waals surface area contributed by atoms with Gasteiger partial charge in [0.05, 0.1) is 7.11 Å². The Morgan fingerprint density at radius 2 is 0.971 bits per heavy atom. The van der Waals surface area contributed by atoms with Crippen LogP contribution in [-0.2, 0) is 5.41 Å². The Kier molecular flexibility index (Phi) is 6.40. The van der Waals surface area contributed by atoms with Gasteiger partial charge in [-0.15, -0.1) is 0 Å². The quantitative estimate of drug-likeness (QED) is 0.294. The minimum Gasteiger partial charge on any atom is -0.497 e. The van der Waals surface area contributed by atoms with Crippen LogP contribution in [0.25, 0.3) is 11.1 Å². The Morgan fingerprint density at radius 3 is 1.47 bits per heavy atom. The first kappa shape index (κ1) is 22.3. The van der Waals surface area contributed by atoms with Crippen molar-refractivity contribution in [2.75, 3.05) is 7.11 Å². The predicted molar refractivity (Wildman–Crippen MR) is 140 cm³/mol. The summed E-state index contributed by atoms with van der Waals surface area (Å²) in [6, 6.07) is 34.3. The molecule has 0 saturated heterocycles. The van der Waals surface area contributed by atoms with Gasteiger partial charge in [0, 0.05) is 5.41 Å². The maximum atomic E-state index is 6.18. The van der Waals surface area contributed by atoms with Crippen molar-refractivity contribution in [3.63, 3.8) is 0 Å².